The van der Waals surface area contributed by atoms with Gasteiger partial charge in [-0.2, -0.15) is 19.1 Å². The number of hydrogen-bond donors (Lipinski definition) is 1. The lowest BCUT2D eigenvalue weighted by molar-refractivity contribution is 0.0568. The molecule has 1 aromatic carbocycles. The molecule has 3 aromatic rings. The van der Waals surface area contributed by atoms with Gasteiger partial charge in [-0.25, -0.2) is 9.67 Å². The quantitative estimate of drug-likeness (QED) is 0.349. The van der Waals surface area contributed by atoms with Crippen LogP contribution in [0.25, 0.3) is 0 Å². The molecule has 34 heavy (non-hydrogen) atoms. The number of aromatic nitrogens is 3. The number of benzene rings is 1. The number of ketones is 1. The molecule has 0 saturated heterocycles. The molecule has 2 heterocycles. The molecule has 0 radical (unpaired) electrons. The number of methoxy groups -OCH3 is 1. The van der Waals surface area contributed by atoms with Crippen LogP contribution >= 0.6 is 0 Å². The third-order valence-electron chi connectivity index (χ3n) is 4.24. The van der Waals surface area contributed by atoms with Gasteiger partial charge in [0.1, 0.15) is 35.1 Å². The number of pyridine rings is 1. The Bertz CT molecular complexity index is 1210. The van der Waals surface area contributed by atoms with E-state index in [0.717, 1.165) is 6.20 Å². The number of ether oxygens (including phenoxy) is 3. The van der Waals surface area contributed by atoms with E-state index >= 15 is 0 Å². The Kier molecular flexibility index (Phi) is 7.83. The minimum Gasteiger partial charge on any atom is -0.488 e. The van der Waals surface area contributed by atoms with E-state index in [-0.39, 0.29) is 47.0 Å². The standard InChI is InChI=1S/C22H19F2N5O5/c1-13(12-32-2)33-16-7-14(21(31)27-20-5-6-29(28-20)22(23)24)8-17(9-16)34-15-3-4-18(26-11-15)19(30)10-25/h3-9,11,13,22H,12H2,1-2H3,(H,27,28,31)/t13-/m0/s1. The molecular weight excluding hydrogens is 452 g/mol. The number of anilines is 1. The van der Waals surface area contributed by atoms with Crippen LogP contribution in [0.1, 0.15) is 34.3 Å². The lowest BCUT2D eigenvalue weighted by Crippen LogP contribution is -2.18. The molecule has 2 aromatic heterocycles. The monoisotopic (exact) mass is 471 g/mol. The minimum atomic E-state index is -2.84. The number of carbonyl (C=O) groups excluding carboxylic acids is 2. The average molecular weight is 471 g/mol. The number of hydrogen-bond acceptors (Lipinski definition) is 8. The van der Waals surface area contributed by atoms with Crippen LogP contribution in [-0.4, -0.2) is 46.3 Å². The predicted octanol–water partition coefficient (Wildman–Crippen LogP) is 3.84. The highest BCUT2D eigenvalue weighted by atomic mass is 19.3. The maximum Gasteiger partial charge on any atom is 0.333 e. The summed E-state index contributed by atoms with van der Waals surface area (Å²) in [5, 5.41) is 14.7. The van der Waals surface area contributed by atoms with Crippen LogP contribution in [0.3, 0.4) is 0 Å². The van der Waals surface area contributed by atoms with Crippen molar-refractivity contribution in [2.24, 2.45) is 0 Å². The zero-order chi connectivity index (χ0) is 24.7. The molecule has 10 nitrogen and oxygen atoms in total. The van der Waals surface area contributed by atoms with Gasteiger partial charge in [0.05, 0.1) is 12.8 Å². The summed E-state index contributed by atoms with van der Waals surface area (Å²) in [7, 11) is 1.52. The number of alkyl halides is 2. The third kappa shape index (κ3) is 6.33. The van der Waals surface area contributed by atoms with Gasteiger partial charge in [0, 0.05) is 31.0 Å². The topological polar surface area (TPSA) is 128 Å². The van der Waals surface area contributed by atoms with Crippen molar-refractivity contribution in [3.8, 4) is 23.3 Å². The Morgan fingerprint density at radius 3 is 2.56 bits per heavy atom. The molecule has 0 aliphatic rings. The summed E-state index contributed by atoms with van der Waals surface area (Å²) in [6, 6.07) is 9.86. The van der Waals surface area contributed by atoms with Crippen molar-refractivity contribution in [3.63, 3.8) is 0 Å². The van der Waals surface area contributed by atoms with Crippen LogP contribution < -0.4 is 14.8 Å². The van der Waals surface area contributed by atoms with Crippen LogP contribution in [0.15, 0.2) is 48.8 Å². The van der Waals surface area contributed by atoms with Gasteiger partial charge in [-0.1, -0.05) is 0 Å². The second kappa shape index (κ2) is 11.0. The van der Waals surface area contributed by atoms with Gasteiger partial charge in [0.2, 0.25) is 0 Å². The zero-order valence-corrected chi connectivity index (χ0v) is 18.1. The van der Waals surface area contributed by atoms with E-state index in [1.54, 1.807) is 6.92 Å². The van der Waals surface area contributed by atoms with Gasteiger partial charge in [0.25, 0.3) is 11.7 Å². The Labute approximate surface area is 192 Å². The van der Waals surface area contributed by atoms with Crippen molar-refractivity contribution in [2.75, 3.05) is 19.0 Å². The molecule has 3 rings (SSSR count). The smallest absolute Gasteiger partial charge is 0.333 e. The molecule has 1 atom stereocenters. The number of nitriles is 1. The van der Waals surface area contributed by atoms with Crippen LogP contribution in [0.5, 0.6) is 17.2 Å². The molecule has 0 aliphatic heterocycles. The maximum atomic E-state index is 12.8. The molecule has 1 N–H and O–H groups in total. The zero-order valence-electron chi connectivity index (χ0n) is 18.1. The normalized spacial score (nSPS) is 11.5. The first-order valence-electron chi connectivity index (χ1n) is 9.82. The Morgan fingerprint density at radius 1 is 1.18 bits per heavy atom. The first-order valence-corrected chi connectivity index (χ1v) is 9.82. The van der Waals surface area contributed by atoms with Gasteiger partial charge >= 0.3 is 6.55 Å². The van der Waals surface area contributed by atoms with E-state index in [4.69, 9.17) is 19.5 Å². The molecule has 0 spiro atoms. The average Bonchev–Trinajstić information content (AvgIpc) is 3.28. The summed E-state index contributed by atoms with van der Waals surface area (Å²) < 4.78 is 42.4. The Hall–Kier alpha value is -4.37. The summed E-state index contributed by atoms with van der Waals surface area (Å²) in [5.41, 5.74) is 0.0663. The molecule has 0 saturated carbocycles. The van der Waals surface area contributed by atoms with Gasteiger partial charge in [-0.15, -0.1) is 0 Å². The summed E-state index contributed by atoms with van der Waals surface area (Å²) in [4.78, 5) is 28.0. The van der Waals surface area contributed by atoms with Gasteiger partial charge in [-0.3, -0.25) is 9.59 Å². The minimum absolute atomic E-state index is 0.0383. The third-order valence-corrected chi connectivity index (χ3v) is 4.24. The van der Waals surface area contributed by atoms with E-state index < -0.39 is 18.2 Å². The van der Waals surface area contributed by atoms with Crippen molar-refractivity contribution in [2.45, 2.75) is 19.6 Å². The lowest BCUT2D eigenvalue weighted by atomic mass is 10.2. The first-order chi connectivity index (χ1) is 16.3. The van der Waals surface area contributed by atoms with Crippen LogP contribution in [0, 0.1) is 11.3 Å². The molecule has 0 bridgehead atoms. The van der Waals surface area contributed by atoms with E-state index in [1.165, 1.54) is 55.8 Å². The number of nitrogens with zero attached hydrogens (tertiary/aromatic N) is 4. The van der Waals surface area contributed by atoms with Crippen molar-refractivity contribution in [3.05, 3.63) is 60.0 Å². The molecule has 0 unspecified atom stereocenters. The number of halogens is 2. The molecule has 12 heteroatoms. The SMILES string of the molecule is COC[C@H](C)Oc1cc(Oc2ccc(C(=O)C#N)nc2)cc(C(=O)Nc2ccn(C(F)F)n2)c1. The van der Waals surface area contributed by atoms with E-state index in [0.29, 0.717) is 4.68 Å². The first kappa shape index (κ1) is 24.3. The maximum absolute atomic E-state index is 12.8. The lowest BCUT2D eigenvalue weighted by Gasteiger charge is -2.16. The van der Waals surface area contributed by atoms with Crippen molar-refractivity contribution in [1.82, 2.24) is 14.8 Å². The van der Waals surface area contributed by atoms with Crippen molar-refractivity contribution < 1.29 is 32.6 Å². The predicted molar refractivity (Wildman–Crippen MR) is 114 cm³/mol. The van der Waals surface area contributed by atoms with Gasteiger partial charge in [0.15, 0.2) is 5.82 Å². The number of rotatable bonds is 10. The van der Waals surface area contributed by atoms with E-state index in [1.807, 2.05) is 0 Å². The molecule has 0 aliphatic carbocycles. The number of Topliss-reactive ketones (excluding diaryl/α,β-unsaturated/α-hetero) is 1. The molecule has 176 valence electrons. The molecule has 1 amide bonds. The highest BCUT2D eigenvalue weighted by Crippen LogP contribution is 2.28. The van der Waals surface area contributed by atoms with Gasteiger partial charge in [-0.05, 0) is 31.2 Å². The fourth-order valence-electron chi connectivity index (χ4n) is 2.80. The summed E-state index contributed by atoms with van der Waals surface area (Å²) >= 11 is 0. The number of nitrogens with one attached hydrogen (secondary N) is 1. The van der Waals surface area contributed by atoms with Crippen LogP contribution in [0.4, 0.5) is 14.6 Å². The highest BCUT2D eigenvalue weighted by Gasteiger charge is 2.16. The fraction of sp³-hybridized carbons (Fsp3) is 0.227. The van der Waals surface area contributed by atoms with Crippen LogP contribution in [0.2, 0.25) is 0 Å². The summed E-state index contributed by atoms with van der Waals surface area (Å²) in [5.74, 6) is -0.766. The fourth-order valence-corrected chi connectivity index (χ4v) is 2.80. The van der Waals surface area contributed by atoms with Crippen LogP contribution in [-0.2, 0) is 4.74 Å². The van der Waals surface area contributed by atoms with E-state index in [9.17, 15) is 18.4 Å². The summed E-state index contributed by atoms with van der Waals surface area (Å²) in [6.07, 6.45) is 1.94. The van der Waals surface area contributed by atoms with Crippen molar-refractivity contribution in [1.29, 1.82) is 5.26 Å². The number of amides is 1. The second-order valence-corrected chi connectivity index (χ2v) is 6.91. The Morgan fingerprint density at radius 2 is 1.94 bits per heavy atom. The summed E-state index contributed by atoms with van der Waals surface area (Å²) in [6.45, 7) is -0.786. The molecular formula is C22H19F2N5O5. The molecule has 0 fully saturated rings. The van der Waals surface area contributed by atoms with Crippen molar-refractivity contribution >= 4 is 17.5 Å². The highest BCUT2D eigenvalue weighted by molar-refractivity contribution is 6.06. The Balaban J connectivity index is 1.85. The largest absolute Gasteiger partial charge is 0.488 e. The second-order valence-electron chi connectivity index (χ2n) is 6.91. The number of carbonyl (C=O) groups is 2. The van der Waals surface area contributed by atoms with E-state index in [2.05, 4.69) is 15.4 Å². The van der Waals surface area contributed by atoms with Gasteiger partial charge < -0.3 is 19.5 Å².